The Bertz CT molecular complexity index is 694. The molecule has 22 heavy (non-hydrogen) atoms. The van der Waals surface area contributed by atoms with Gasteiger partial charge >= 0.3 is 0 Å². The average molecular weight is 290 g/mol. The highest BCUT2D eigenvalue weighted by atomic mass is 16.5. The molecule has 0 N–H and O–H groups in total. The molecule has 0 aromatic heterocycles. The lowest BCUT2D eigenvalue weighted by Gasteiger charge is -2.04. The van der Waals surface area contributed by atoms with Crippen LogP contribution in [0.3, 0.4) is 0 Å². The van der Waals surface area contributed by atoms with E-state index in [0.717, 1.165) is 18.4 Å². The van der Waals surface area contributed by atoms with Crippen LogP contribution < -0.4 is 0 Å². The third kappa shape index (κ3) is 4.82. The van der Waals surface area contributed by atoms with Crippen molar-refractivity contribution in [2.75, 3.05) is 7.11 Å². The first-order valence-electron chi connectivity index (χ1n) is 7.51. The number of benzene rings is 2. The standard InChI is InChI=1S/C21H22O/c1-17-14-18(2)16-19(15-17)8-6-11-20-9-4-5-10-21(20)12-7-13-22-3/h4-5,7,9-10,13-16H,11-12H2,1-3H3. The van der Waals surface area contributed by atoms with Crippen molar-refractivity contribution in [2.45, 2.75) is 26.7 Å². The van der Waals surface area contributed by atoms with Crippen LogP contribution in [0.15, 0.2) is 54.8 Å². The van der Waals surface area contributed by atoms with Gasteiger partial charge in [0.25, 0.3) is 0 Å². The van der Waals surface area contributed by atoms with Crippen molar-refractivity contribution in [1.29, 1.82) is 0 Å². The minimum atomic E-state index is 0.768. The fraction of sp³-hybridized carbons (Fsp3) is 0.238. The molecule has 0 aliphatic carbocycles. The second kappa shape index (κ2) is 8.10. The van der Waals surface area contributed by atoms with Crippen LogP contribution in [-0.4, -0.2) is 7.11 Å². The van der Waals surface area contributed by atoms with Crippen LogP contribution in [0.2, 0.25) is 0 Å². The van der Waals surface area contributed by atoms with Crippen molar-refractivity contribution < 1.29 is 4.74 Å². The summed E-state index contributed by atoms with van der Waals surface area (Å²) in [5.74, 6) is 6.57. The van der Waals surface area contributed by atoms with E-state index in [1.165, 1.54) is 22.3 Å². The molecule has 2 aromatic carbocycles. The van der Waals surface area contributed by atoms with Gasteiger partial charge in [-0.05, 0) is 60.7 Å². The fourth-order valence-electron chi connectivity index (χ4n) is 2.49. The summed E-state index contributed by atoms with van der Waals surface area (Å²) in [6.07, 6.45) is 5.38. The zero-order valence-corrected chi connectivity index (χ0v) is 13.5. The van der Waals surface area contributed by atoms with Crippen molar-refractivity contribution in [3.8, 4) is 11.8 Å². The molecular formula is C21H22O. The van der Waals surface area contributed by atoms with Gasteiger partial charge in [0.05, 0.1) is 13.4 Å². The van der Waals surface area contributed by atoms with Crippen molar-refractivity contribution in [2.24, 2.45) is 0 Å². The predicted molar refractivity (Wildman–Crippen MR) is 92.8 cm³/mol. The lowest BCUT2D eigenvalue weighted by molar-refractivity contribution is 0.337. The van der Waals surface area contributed by atoms with Crippen LogP contribution in [-0.2, 0) is 17.6 Å². The summed E-state index contributed by atoms with van der Waals surface area (Å²) in [5, 5.41) is 0. The molecule has 2 aromatic rings. The summed E-state index contributed by atoms with van der Waals surface area (Å²) in [4.78, 5) is 0. The Morgan fingerprint density at radius 3 is 2.36 bits per heavy atom. The molecule has 2 rings (SSSR count). The fourth-order valence-corrected chi connectivity index (χ4v) is 2.49. The molecule has 0 saturated heterocycles. The minimum absolute atomic E-state index is 0.768. The van der Waals surface area contributed by atoms with Crippen molar-refractivity contribution in [3.05, 3.63) is 82.6 Å². The largest absolute Gasteiger partial charge is 0.505 e. The number of rotatable bonds is 4. The molecule has 0 unspecified atom stereocenters. The molecule has 1 heteroatoms. The number of allylic oxidation sites excluding steroid dienone is 1. The molecule has 0 aliphatic heterocycles. The van der Waals surface area contributed by atoms with Gasteiger partial charge in [0.2, 0.25) is 0 Å². The Balaban J connectivity index is 2.12. The first-order chi connectivity index (χ1) is 10.7. The van der Waals surface area contributed by atoms with Gasteiger partial charge in [-0.1, -0.05) is 42.2 Å². The number of aryl methyl sites for hydroxylation is 2. The Labute approximate surface area is 133 Å². The number of hydrogen-bond acceptors (Lipinski definition) is 1. The summed E-state index contributed by atoms with van der Waals surface area (Å²) < 4.78 is 4.96. The van der Waals surface area contributed by atoms with Crippen LogP contribution in [0.5, 0.6) is 0 Å². The molecule has 112 valence electrons. The van der Waals surface area contributed by atoms with E-state index >= 15 is 0 Å². The van der Waals surface area contributed by atoms with Crippen molar-refractivity contribution in [1.82, 2.24) is 0 Å². The third-order valence-corrected chi connectivity index (χ3v) is 3.42. The van der Waals surface area contributed by atoms with Gasteiger partial charge in [-0.2, -0.15) is 0 Å². The molecule has 0 spiro atoms. The highest BCUT2D eigenvalue weighted by Gasteiger charge is 1.98. The van der Waals surface area contributed by atoms with Gasteiger partial charge in [-0.3, -0.25) is 0 Å². The summed E-state index contributed by atoms with van der Waals surface area (Å²) in [6.45, 7) is 4.21. The van der Waals surface area contributed by atoms with Gasteiger partial charge in [-0.15, -0.1) is 0 Å². The van der Waals surface area contributed by atoms with Crippen LogP contribution in [0, 0.1) is 25.7 Å². The number of hydrogen-bond donors (Lipinski definition) is 0. The first-order valence-corrected chi connectivity index (χ1v) is 7.51. The maximum absolute atomic E-state index is 4.96. The number of methoxy groups -OCH3 is 1. The molecule has 0 atom stereocenters. The van der Waals surface area contributed by atoms with E-state index < -0.39 is 0 Å². The highest BCUT2D eigenvalue weighted by Crippen LogP contribution is 2.11. The quantitative estimate of drug-likeness (QED) is 0.590. The zero-order valence-electron chi connectivity index (χ0n) is 13.5. The Morgan fingerprint density at radius 1 is 1.00 bits per heavy atom. The smallest absolute Gasteiger partial charge is 0.0788 e. The van der Waals surface area contributed by atoms with Gasteiger partial charge in [0.15, 0.2) is 0 Å². The molecule has 0 bridgehead atoms. The van der Waals surface area contributed by atoms with E-state index in [-0.39, 0.29) is 0 Å². The summed E-state index contributed by atoms with van der Waals surface area (Å²) in [7, 11) is 1.66. The lowest BCUT2D eigenvalue weighted by Crippen LogP contribution is -1.91. The van der Waals surface area contributed by atoms with E-state index in [4.69, 9.17) is 4.74 Å². The monoisotopic (exact) mass is 290 g/mol. The topological polar surface area (TPSA) is 9.23 Å². The second-order valence-electron chi connectivity index (χ2n) is 5.44. The van der Waals surface area contributed by atoms with E-state index in [0.29, 0.717) is 0 Å². The summed E-state index contributed by atoms with van der Waals surface area (Å²) in [6, 6.07) is 14.9. The third-order valence-electron chi connectivity index (χ3n) is 3.42. The van der Waals surface area contributed by atoms with Gasteiger partial charge in [0.1, 0.15) is 0 Å². The maximum atomic E-state index is 4.96. The Kier molecular flexibility index (Phi) is 5.86. The molecule has 0 fully saturated rings. The van der Waals surface area contributed by atoms with Gasteiger partial charge < -0.3 is 4.74 Å². The second-order valence-corrected chi connectivity index (χ2v) is 5.44. The predicted octanol–water partition coefficient (Wildman–Crippen LogP) is 4.60. The highest BCUT2D eigenvalue weighted by molar-refractivity contribution is 5.41. The van der Waals surface area contributed by atoms with E-state index in [2.05, 4.69) is 68.2 Å². The normalized spacial score (nSPS) is 10.3. The number of ether oxygens (including phenoxy) is 1. The molecule has 0 aliphatic rings. The maximum Gasteiger partial charge on any atom is 0.0788 e. The molecular weight excluding hydrogens is 268 g/mol. The summed E-state index contributed by atoms with van der Waals surface area (Å²) in [5.41, 5.74) is 6.18. The zero-order chi connectivity index (χ0) is 15.8. The molecule has 0 heterocycles. The van der Waals surface area contributed by atoms with Crippen LogP contribution >= 0.6 is 0 Å². The molecule has 1 nitrogen and oxygen atoms in total. The SMILES string of the molecule is COC=CCc1ccccc1CC#Cc1cc(C)cc(C)c1. The van der Waals surface area contributed by atoms with Gasteiger partial charge in [0, 0.05) is 12.0 Å². The Morgan fingerprint density at radius 2 is 1.68 bits per heavy atom. The van der Waals surface area contributed by atoms with Gasteiger partial charge in [-0.25, -0.2) is 0 Å². The minimum Gasteiger partial charge on any atom is -0.505 e. The van der Waals surface area contributed by atoms with Crippen molar-refractivity contribution >= 4 is 0 Å². The molecule has 0 saturated carbocycles. The van der Waals surface area contributed by atoms with E-state index in [9.17, 15) is 0 Å². The van der Waals surface area contributed by atoms with Crippen LogP contribution in [0.4, 0.5) is 0 Å². The van der Waals surface area contributed by atoms with E-state index in [1.54, 1.807) is 13.4 Å². The van der Waals surface area contributed by atoms with Crippen LogP contribution in [0.1, 0.15) is 27.8 Å². The van der Waals surface area contributed by atoms with Crippen LogP contribution in [0.25, 0.3) is 0 Å². The van der Waals surface area contributed by atoms with E-state index in [1.807, 2.05) is 6.08 Å². The lowest BCUT2D eigenvalue weighted by atomic mass is 10.0. The van der Waals surface area contributed by atoms with Crippen molar-refractivity contribution in [3.63, 3.8) is 0 Å². The first kappa shape index (κ1) is 15.9. The molecule has 0 radical (unpaired) electrons. The summed E-state index contributed by atoms with van der Waals surface area (Å²) >= 11 is 0. The molecule has 0 amide bonds. The average Bonchev–Trinajstić information content (AvgIpc) is 2.48. The Hall–Kier alpha value is -2.46.